The molecule has 9 nitrogen and oxygen atoms in total. The first-order valence-corrected chi connectivity index (χ1v) is 15.9. The van der Waals surface area contributed by atoms with Crippen molar-refractivity contribution in [3.63, 3.8) is 0 Å². The maximum atomic E-state index is 14.6. The van der Waals surface area contributed by atoms with E-state index in [1.165, 1.54) is 13.2 Å². The molecule has 0 spiro atoms. The van der Waals surface area contributed by atoms with Crippen molar-refractivity contribution in [1.82, 2.24) is 9.78 Å². The second-order valence-corrected chi connectivity index (χ2v) is 13.6. The van der Waals surface area contributed by atoms with E-state index in [9.17, 15) is 9.18 Å². The highest BCUT2D eigenvalue weighted by Crippen LogP contribution is 2.50. The van der Waals surface area contributed by atoms with Gasteiger partial charge < -0.3 is 28.7 Å². The Morgan fingerprint density at radius 3 is 2.54 bits per heavy atom. The zero-order chi connectivity index (χ0) is 32.8. The van der Waals surface area contributed by atoms with E-state index in [0.29, 0.717) is 25.3 Å². The Bertz CT molecular complexity index is 1770. The first-order valence-electron chi connectivity index (χ1n) is 15.5. The summed E-state index contributed by atoms with van der Waals surface area (Å²) >= 11 is 6.77. The molecule has 1 fully saturated rings. The van der Waals surface area contributed by atoms with Gasteiger partial charge in [0.25, 0.3) is 0 Å². The summed E-state index contributed by atoms with van der Waals surface area (Å²) in [6.45, 7) is 9.07. The fourth-order valence-electron chi connectivity index (χ4n) is 6.46. The SMILES string of the molecule is COC[C@@]1(C)CN(c2ccc(C(=O)OC(C)(C)C)c(Cl)c2)c2cc3c(cnn3C3CCCCO3)cc2N1c1ccc(F)c(OC)c1. The summed E-state index contributed by atoms with van der Waals surface area (Å²) in [6.07, 6.45) is 4.69. The summed E-state index contributed by atoms with van der Waals surface area (Å²) in [5.41, 5.74) is 3.20. The number of carbonyl (C=O) groups is 1. The Kier molecular flexibility index (Phi) is 8.65. The fraction of sp³-hybridized carbons (Fsp3) is 0.429. The van der Waals surface area contributed by atoms with Crippen LogP contribution in [0.3, 0.4) is 0 Å². The summed E-state index contributed by atoms with van der Waals surface area (Å²) in [7, 11) is 3.12. The number of esters is 1. The highest BCUT2D eigenvalue weighted by molar-refractivity contribution is 6.34. The van der Waals surface area contributed by atoms with Gasteiger partial charge in [0.1, 0.15) is 5.60 Å². The maximum absolute atomic E-state index is 14.6. The van der Waals surface area contributed by atoms with E-state index in [1.54, 1.807) is 31.4 Å². The predicted octanol–water partition coefficient (Wildman–Crippen LogP) is 8.19. The van der Waals surface area contributed by atoms with Crippen LogP contribution in [0.15, 0.2) is 54.7 Å². The second kappa shape index (κ2) is 12.4. The van der Waals surface area contributed by atoms with E-state index in [1.807, 2.05) is 37.7 Å². The van der Waals surface area contributed by atoms with Gasteiger partial charge in [0.2, 0.25) is 0 Å². The Balaban J connectivity index is 1.54. The van der Waals surface area contributed by atoms with E-state index in [4.69, 9.17) is 35.6 Å². The van der Waals surface area contributed by atoms with Gasteiger partial charge in [0, 0.05) is 43.1 Å². The third kappa shape index (κ3) is 6.01. The zero-order valence-electron chi connectivity index (χ0n) is 27.1. The predicted molar refractivity (Wildman–Crippen MR) is 178 cm³/mol. The lowest BCUT2D eigenvalue weighted by Crippen LogP contribution is -2.57. The summed E-state index contributed by atoms with van der Waals surface area (Å²) in [5, 5.41) is 5.98. The fourth-order valence-corrected chi connectivity index (χ4v) is 6.71. The number of hydrogen-bond acceptors (Lipinski definition) is 8. The van der Waals surface area contributed by atoms with Crippen LogP contribution in [0.4, 0.5) is 27.1 Å². The number of rotatable bonds is 7. The average Bonchev–Trinajstić information content (AvgIpc) is 3.42. The molecule has 2 aliphatic rings. The number of hydrogen-bond donors (Lipinski definition) is 0. The zero-order valence-corrected chi connectivity index (χ0v) is 27.9. The molecule has 1 unspecified atom stereocenters. The summed E-state index contributed by atoms with van der Waals surface area (Å²) in [4.78, 5) is 17.3. The molecule has 4 aromatic rings. The number of carbonyl (C=O) groups excluding carboxylic acids is 1. The minimum Gasteiger partial charge on any atom is -0.494 e. The van der Waals surface area contributed by atoms with Gasteiger partial charge >= 0.3 is 5.97 Å². The van der Waals surface area contributed by atoms with E-state index >= 15 is 0 Å². The van der Waals surface area contributed by atoms with Gasteiger partial charge in [-0.1, -0.05) is 11.6 Å². The van der Waals surface area contributed by atoms with Crippen LogP contribution in [0.2, 0.25) is 5.02 Å². The van der Waals surface area contributed by atoms with E-state index in [-0.39, 0.29) is 17.0 Å². The van der Waals surface area contributed by atoms with Crippen LogP contribution in [0.5, 0.6) is 5.75 Å². The molecule has 1 saturated heterocycles. The van der Waals surface area contributed by atoms with Crippen molar-refractivity contribution < 1.29 is 28.1 Å². The van der Waals surface area contributed by atoms with Crippen LogP contribution in [0.1, 0.15) is 63.5 Å². The molecule has 0 radical (unpaired) electrons. The number of halogens is 2. The molecule has 6 rings (SSSR count). The number of benzene rings is 3. The first-order chi connectivity index (χ1) is 21.9. The van der Waals surface area contributed by atoms with Crippen molar-refractivity contribution in [3.05, 3.63) is 71.1 Å². The molecule has 0 saturated carbocycles. The Morgan fingerprint density at radius 1 is 1.09 bits per heavy atom. The molecule has 0 aliphatic carbocycles. The molecule has 3 aromatic carbocycles. The summed E-state index contributed by atoms with van der Waals surface area (Å²) in [5.74, 6) is -0.779. The lowest BCUT2D eigenvalue weighted by Gasteiger charge is -2.51. The van der Waals surface area contributed by atoms with Gasteiger partial charge in [0.15, 0.2) is 17.8 Å². The standard InChI is InChI=1S/C35H40ClFN4O5/c1-34(2,3)46-33(42)25-12-10-23(16-26(25)36)39-20-35(4,21-43-5)40(24-11-13-27(37)31(17-24)44-6)30-15-22-19-38-41(28(22)18-29(30)39)32-9-7-8-14-45-32/h10-13,15-19,32H,7-9,14,20-21H2,1-6H3/t32?,35-/m1/s1. The number of ether oxygens (including phenoxy) is 4. The molecular formula is C35H40ClFN4O5. The van der Waals surface area contributed by atoms with Gasteiger partial charge in [-0.25, -0.2) is 13.9 Å². The molecule has 2 aliphatic heterocycles. The van der Waals surface area contributed by atoms with Crippen LogP contribution in [0, 0.1) is 5.82 Å². The lowest BCUT2D eigenvalue weighted by molar-refractivity contribution is -0.0366. The van der Waals surface area contributed by atoms with Crippen molar-refractivity contribution in [2.24, 2.45) is 0 Å². The molecular weight excluding hydrogens is 611 g/mol. The van der Waals surface area contributed by atoms with E-state index < -0.39 is 22.9 Å². The van der Waals surface area contributed by atoms with Crippen LogP contribution >= 0.6 is 11.6 Å². The van der Waals surface area contributed by atoms with Gasteiger partial charge in [-0.15, -0.1) is 0 Å². The smallest absolute Gasteiger partial charge is 0.340 e. The van der Waals surface area contributed by atoms with Crippen LogP contribution in [-0.4, -0.2) is 60.9 Å². The van der Waals surface area contributed by atoms with Crippen molar-refractivity contribution in [2.75, 3.05) is 43.8 Å². The largest absolute Gasteiger partial charge is 0.494 e. The molecule has 0 amide bonds. The van der Waals surface area contributed by atoms with Crippen molar-refractivity contribution in [1.29, 1.82) is 0 Å². The number of nitrogens with zero attached hydrogens (tertiary/aromatic N) is 4. The van der Waals surface area contributed by atoms with Gasteiger partial charge in [0.05, 0.1) is 52.9 Å². The normalized spacial score (nSPS) is 20.1. The Morgan fingerprint density at radius 2 is 1.87 bits per heavy atom. The quantitative estimate of drug-likeness (QED) is 0.185. The lowest BCUT2D eigenvalue weighted by atomic mass is 9.92. The summed E-state index contributed by atoms with van der Waals surface area (Å²) in [6, 6.07) is 14.5. The van der Waals surface area contributed by atoms with Gasteiger partial charge in [-0.3, -0.25) is 0 Å². The molecule has 1 aromatic heterocycles. The number of aromatic nitrogens is 2. The second-order valence-electron chi connectivity index (χ2n) is 13.1. The van der Waals surface area contributed by atoms with Gasteiger partial charge in [-0.2, -0.15) is 5.10 Å². The Hall–Kier alpha value is -3.86. The molecule has 244 valence electrons. The summed E-state index contributed by atoms with van der Waals surface area (Å²) < 4.78 is 39.5. The topological polar surface area (TPSA) is 78.3 Å². The third-order valence-electron chi connectivity index (χ3n) is 8.42. The number of anilines is 4. The number of fused-ring (bicyclic) bond motifs is 2. The molecule has 46 heavy (non-hydrogen) atoms. The molecule has 0 N–H and O–H groups in total. The highest BCUT2D eigenvalue weighted by atomic mass is 35.5. The molecule has 11 heteroatoms. The van der Waals surface area contributed by atoms with Crippen LogP contribution < -0.4 is 14.5 Å². The van der Waals surface area contributed by atoms with E-state index in [2.05, 4.69) is 28.9 Å². The minimum atomic E-state index is -0.657. The van der Waals surface area contributed by atoms with Gasteiger partial charge in [-0.05, 0) is 89.4 Å². The van der Waals surface area contributed by atoms with Crippen molar-refractivity contribution >= 4 is 51.2 Å². The minimum absolute atomic E-state index is 0.147. The van der Waals surface area contributed by atoms with Crippen LogP contribution in [0.25, 0.3) is 10.9 Å². The number of methoxy groups -OCH3 is 2. The molecule has 3 heterocycles. The maximum Gasteiger partial charge on any atom is 0.340 e. The molecule has 2 atom stereocenters. The highest BCUT2D eigenvalue weighted by Gasteiger charge is 2.43. The third-order valence-corrected chi connectivity index (χ3v) is 8.73. The Labute approximate surface area is 273 Å². The first kappa shape index (κ1) is 32.1. The van der Waals surface area contributed by atoms with Crippen molar-refractivity contribution in [3.8, 4) is 5.75 Å². The van der Waals surface area contributed by atoms with E-state index in [0.717, 1.165) is 52.9 Å². The molecule has 0 bridgehead atoms. The van der Waals surface area contributed by atoms with Crippen molar-refractivity contribution in [2.45, 2.75) is 64.3 Å². The van der Waals surface area contributed by atoms with Crippen LogP contribution in [-0.2, 0) is 14.2 Å². The average molecular weight is 651 g/mol. The monoisotopic (exact) mass is 650 g/mol.